The highest BCUT2D eigenvalue weighted by Crippen LogP contribution is 2.37. The van der Waals surface area contributed by atoms with E-state index >= 15 is 0 Å². The van der Waals surface area contributed by atoms with E-state index in [1.54, 1.807) is 11.0 Å². The molecule has 0 aromatic carbocycles. The van der Waals surface area contributed by atoms with Gasteiger partial charge in [-0.3, -0.25) is 14.1 Å². The summed E-state index contributed by atoms with van der Waals surface area (Å²) in [6, 6.07) is 1.55. The highest BCUT2D eigenvalue weighted by atomic mass is 31.2. The second-order valence-corrected chi connectivity index (χ2v) is 17.8. The molecule has 0 bridgehead atoms. The summed E-state index contributed by atoms with van der Waals surface area (Å²) >= 11 is 0. The Morgan fingerprint density at radius 1 is 0.754 bits per heavy atom. The van der Waals surface area contributed by atoms with E-state index in [1.807, 2.05) is 0 Å². The minimum absolute atomic E-state index is 0.116. The molecule has 2 unspecified atom stereocenters. The summed E-state index contributed by atoms with van der Waals surface area (Å²) in [6.07, 6.45) is 25.4. The third-order valence-corrected chi connectivity index (χ3v) is 11.7. The summed E-state index contributed by atoms with van der Waals surface area (Å²) < 4.78 is 32.0. The molecule has 0 amide bonds. The van der Waals surface area contributed by atoms with Gasteiger partial charge in [0.15, 0.2) is 12.3 Å². The van der Waals surface area contributed by atoms with Gasteiger partial charge >= 0.3 is 25.5 Å². The Balaban J connectivity index is 1.44. The van der Waals surface area contributed by atoms with Crippen molar-refractivity contribution in [3.8, 4) is 0 Å². The normalized spacial score (nSPS) is 18.3. The van der Waals surface area contributed by atoms with Gasteiger partial charge in [0.2, 0.25) is 0 Å². The van der Waals surface area contributed by atoms with E-state index in [9.17, 15) is 34.3 Å². The largest absolute Gasteiger partial charge is 0.469 e. The van der Waals surface area contributed by atoms with Crippen LogP contribution in [0.25, 0.3) is 0 Å². The van der Waals surface area contributed by atoms with E-state index in [0.29, 0.717) is 19.4 Å². The predicted octanol–water partition coefficient (Wildman–Crippen LogP) is 7.52. The zero-order chi connectivity index (χ0) is 44.6. The smallest absolute Gasteiger partial charge is 0.462 e. The molecule has 2 rings (SSSR count). The monoisotopic (exact) mass is 890 g/mol. The average Bonchev–Trinajstić information content (AvgIpc) is 3.51. The topological polar surface area (TPSA) is 238 Å². The molecule has 16 nitrogen and oxygen atoms in total. The van der Waals surface area contributed by atoms with Crippen LogP contribution in [0.3, 0.4) is 0 Å². The fourth-order valence-electron chi connectivity index (χ4n) is 7.60. The van der Waals surface area contributed by atoms with Gasteiger partial charge in [-0.1, -0.05) is 155 Å². The van der Waals surface area contributed by atoms with Gasteiger partial charge < -0.3 is 49.2 Å². The molecule has 1 aliphatic rings. The van der Waals surface area contributed by atoms with E-state index in [1.165, 1.54) is 70.4 Å². The maximum Gasteiger partial charge on any atom is 0.469 e. The number of ether oxygens (including phenoxy) is 3. The van der Waals surface area contributed by atoms with Gasteiger partial charge in [-0.15, -0.1) is 0 Å². The summed E-state index contributed by atoms with van der Waals surface area (Å²) in [4.78, 5) is 62.4. The molecular weight excluding hydrogens is 809 g/mol. The zero-order valence-corrected chi connectivity index (χ0v) is 37.9. The number of nitrogens with zero attached hydrogens (tertiary/aromatic N) is 2. The molecule has 1 aromatic rings. The third kappa shape index (κ3) is 26.7. The van der Waals surface area contributed by atoms with Gasteiger partial charge in [0, 0.05) is 25.6 Å². The zero-order valence-electron chi connectivity index (χ0n) is 37.0. The number of hydrogen-bond acceptors (Lipinski definition) is 13. The number of hydrogen-bond donors (Lipinski definition) is 6. The maximum atomic E-state index is 12.3. The maximum absolute atomic E-state index is 12.3. The summed E-state index contributed by atoms with van der Waals surface area (Å²) in [5.41, 5.74) is -0.588. The number of rotatable bonds is 39. The Bertz CT molecular complexity index is 1380. The van der Waals surface area contributed by atoms with Crippen LogP contribution in [0.5, 0.6) is 0 Å². The molecule has 5 atom stereocenters. The van der Waals surface area contributed by atoms with Crippen LogP contribution in [0.1, 0.15) is 187 Å². The SMILES string of the molecule is CCCCCCCCCCCCCCCC(=O)OCC(CO)OC(=O)CCCCCCCCCCCCCCCN(c1cc[nH]c(=O)n1)C1O[C@H](COP(=O)(O)O)[C@@H](O)[C@@H]1O. The highest BCUT2D eigenvalue weighted by molar-refractivity contribution is 7.46. The Morgan fingerprint density at radius 2 is 1.23 bits per heavy atom. The van der Waals surface area contributed by atoms with E-state index in [-0.39, 0.29) is 37.4 Å². The lowest BCUT2D eigenvalue weighted by Gasteiger charge is -2.31. The number of nitrogens with one attached hydrogen (secondary N) is 1. The van der Waals surface area contributed by atoms with E-state index in [4.69, 9.17) is 24.0 Å². The predicted molar refractivity (Wildman–Crippen MR) is 234 cm³/mol. The lowest BCUT2D eigenvalue weighted by Crippen LogP contribution is -2.45. The molecule has 354 valence electrons. The second-order valence-electron chi connectivity index (χ2n) is 16.6. The van der Waals surface area contributed by atoms with E-state index < -0.39 is 50.8 Å². The molecule has 0 radical (unpaired) electrons. The Kier molecular flexibility index (Phi) is 30.5. The van der Waals surface area contributed by atoms with Crippen molar-refractivity contribution in [3.05, 3.63) is 22.7 Å². The number of unbranched alkanes of at least 4 members (excludes halogenated alkanes) is 24. The first-order valence-corrected chi connectivity index (χ1v) is 25.0. The summed E-state index contributed by atoms with van der Waals surface area (Å²) in [5.74, 6) is -0.444. The van der Waals surface area contributed by atoms with Crippen LogP contribution >= 0.6 is 7.82 Å². The van der Waals surface area contributed by atoms with Crippen molar-refractivity contribution in [1.29, 1.82) is 0 Å². The van der Waals surface area contributed by atoms with Crippen LogP contribution in [0.4, 0.5) is 5.82 Å². The fourth-order valence-corrected chi connectivity index (χ4v) is 7.94. The number of aliphatic hydroxyl groups excluding tert-OH is 3. The van der Waals surface area contributed by atoms with Crippen molar-refractivity contribution in [2.45, 2.75) is 217 Å². The number of phosphoric acid groups is 1. The second kappa shape index (κ2) is 34.0. The number of anilines is 1. The van der Waals surface area contributed by atoms with Crippen LogP contribution in [0.2, 0.25) is 0 Å². The summed E-state index contributed by atoms with van der Waals surface area (Å²) in [5, 5.41) is 30.8. The number of carbonyl (C=O) groups excluding carboxylic acids is 2. The molecule has 1 aliphatic heterocycles. The first-order valence-electron chi connectivity index (χ1n) is 23.4. The van der Waals surface area contributed by atoms with Crippen molar-refractivity contribution < 1.29 is 58.0 Å². The minimum atomic E-state index is -4.81. The van der Waals surface area contributed by atoms with Gasteiger partial charge in [0.1, 0.15) is 30.7 Å². The highest BCUT2D eigenvalue weighted by Gasteiger charge is 2.46. The molecule has 1 saturated heterocycles. The van der Waals surface area contributed by atoms with Crippen LogP contribution < -0.4 is 10.6 Å². The lowest BCUT2D eigenvalue weighted by atomic mass is 10.0. The van der Waals surface area contributed by atoms with Gasteiger partial charge in [-0.05, 0) is 25.3 Å². The molecule has 1 fully saturated rings. The number of H-pyrrole nitrogens is 1. The molecule has 61 heavy (non-hydrogen) atoms. The minimum Gasteiger partial charge on any atom is -0.462 e. The molecule has 0 saturated carbocycles. The van der Waals surface area contributed by atoms with Crippen LogP contribution in [0.15, 0.2) is 17.1 Å². The first-order chi connectivity index (χ1) is 29.4. The van der Waals surface area contributed by atoms with Gasteiger partial charge in [0.25, 0.3) is 0 Å². The quantitative estimate of drug-likeness (QED) is 0.0213. The van der Waals surface area contributed by atoms with Crippen molar-refractivity contribution >= 4 is 25.6 Å². The Labute approximate surface area is 364 Å². The molecule has 6 N–H and O–H groups in total. The Hall–Kier alpha value is -2.43. The number of aliphatic hydroxyl groups is 3. The van der Waals surface area contributed by atoms with Crippen LogP contribution in [-0.4, -0.2) is 104 Å². The lowest BCUT2D eigenvalue weighted by molar-refractivity contribution is -0.161. The number of aromatic nitrogens is 2. The third-order valence-electron chi connectivity index (χ3n) is 11.2. The van der Waals surface area contributed by atoms with Crippen molar-refractivity contribution in [1.82, 2.24) is 9.97 Å². The number of carbonyl (C=O) groups is 2. The van der Waals surface area contributed by atoms with Crippen LogP contribution in [0, 0.1) is 0 Å². The molecular formula is C44H80N3O13P. The number of aromatic amines is 1. The summed E-state index contributed by atoms with van der Waals surface area (Å²) in [7, 11) is -4.81. The van der Waals surface area contributed by atoms with E-state index in [0.717, 1.165) is 96.3 Å². The fraction of sp³-hybridized carbons (Fsp3) is 0.864. The van der Waals surface area contributed by atoms with Gasteiger partial charge in [-0.25, -0.2) is 9.36 Å². The molecule has 2 heterocycles. The van der Waals surface area contributed by atoms with E-state index in [2.05, 4.69) is 21.4 Å². The van der Waals surface area contributed by atoms with Crippen molar-refractivity contribution in [2.24, 2.45) is 0 Å². The molecule has 17 heteroatoms. The van der Waals surface area contributed by atoms with Crippen molar-refractivity contribution in [3.63, 3.8) is 0 Å². The number of esters is 2. The molecule has 1 aromatic heterocycles. The van der Waals surface area contributed by atoms with Crippen LogP contribution in [-0.2, 0) is 32.9 Å². The standard InChI is InChI=1S/C44H80N3O13P/c1-2-3-4-5-6-7-8-10-13-16-19-22-25-28-39(49)57-34-36(33-48)59-40(50)29-26-23-20-17-14-11-9-12-15-18-21-24-27-32-47(38-30-31-45-44(53)46-38)43-42(52)41(51)37(60-43)35-58-61(54,55)56/h30-31,36-37,41-43,48,51-52H,2-29,32-35H2,1H3,(H,45,46,53)(H2,54,55,56)/t36?,37-,41-,42+,43?/m1/s1. The summed E-state index contributed by atoms with van der Waals surface area (Å²) in [6.45, 7) is 1.50. The van der Waals surface area contributed by atoms with Gasteiger partial charge in [-0.2, -0.15) is 4.98 Å². The molecule has 0 aliphatic carbocycles. The van der Waals surface area contributed by atoms with Crippen molar-refractivity contribution in [2.75, 3.05) is 31.3 Å². The average molecular weight is 890 g/mol. The van der Waals surface area contributed by atoms with Gasteiger partial charge in [0.05, 0.1) is 13.2 Å². The first kappa shape index (κ1) is 54.7. The Morgan fingerprint density at radius 3 is 1.70 bits per heavy atom. The number of phosphoric ester groups is 1. The molecule has 0 spiro atoms.